The molecule has 3 heteroatoms. The number of rotatable bonds is 12. The van der Waals surface area contributed by atoms with Crippen molar-refractivity contribution in [1.82, 2.24) is 0 Å². The van der Waals surface area contributed by atoms with Crippen LogP contribution in [0.1, 0.15) is 103 Å². The van der Waals surface area contributed by atoms with E-state index in [0.29, 0.717) is 0 Å². The minimum Gasteiger partial charge on any atom is -0.205 e. The molecule has 1 atom stereocenters. The van der Waals surface area contributed by atoms with Gasteiger partial charge in [-0.3, -0.25) is 0 Å². The Hall–Kier alpha value is -0.990. The summed E-state index contributed by atoms with van der Waals surface area (Å²) in [5.74, 6) is -4.81. The molecular weight excluding hydrogens is 357 g/mol. The molecule has 28 heavy (non-hydrogen) atoms. The minimum absolute atomic E-state index is 0.584. The Morgan fingerprint density at radius 1 is 0.929 bits per heavy atom. The Kier molecular flexibility index (Phi) is 8.89. The highest BCUT2D eigenvalue weighted by Crippen LogP contribution is 2.63. The van der Waals surface area contributed by atoms with Gasteiger partial charge in [0.1, 0.15) is 0 Å². The van der Waals surface area contributed by atoms with Crippen molar-refractivity contribution in [1.29, 1.82) is 0 Å². The molecule has 0 aromatic rings. The largest absolute Gasteiger partial charge is 0.311 e. The zero-order valence-electron chi connectivity index (χ0n) is 17.8. The van der Waals surface area contributed by atoms with Crippen molar-refractivity contribution in [3.8, 4) is 0 Å². The number of alkyl halides is 2. The fourth-order valence-corrected chi connectivity index (χ4v) is 5.49. The smallest absolute Gasteiger partial charge is 0.205 e. The third kappa shape index (κ3) is 4.76. The van der Waals surface area contributed by atoms with Gasteiger partial charge in [0.15, 0.2) is 5.83 Å². The van der Waals surface area contributed by atoms with Crippen LogP contribution in [0.2, 0.25) is 0 Å². The predicted octanol–water partition coefficient (Wildman–Crippen LogP) is 9.09. The zero-order valence-corrected chi connectivity index (χ0v) is 17.8. The molecule has 0 N–H and O–H groups in total. The molecule has 0 bridgehead atoms. The van der Waals surface area contributed by atoms with E-state index >= 15 is 8.78 Å². The molecule has 1 unspecified atom stereocenters. The van der Waals surface area contributed by atoms with Crippen LogP contribution in [0.4, 0.5) is 13.2 Å². The van der Waals surface area contributed by atoms with Gasteiger partial charge in [-0.05, 0) is 30.8 Å². The standard InChI is InChI=1S/C25H39F3/c1-3-5-6-7-8-9-10-11-13-18-23(19-14-12-15-20-23)24(4-2)21-16-17-22(26)25(24,27)28/h4,16-17,21H,2-3,5-15,18-20H2,1H3. The molecule has 0 nitrogen and oxygen atoms in total. The summed E-state index contributed by atoms with van der Waals surface area (Å²) in [6.07, 6.45) is 21.4. The van der Waals surface area contributed by atoms with Crippen molar-refractivity contribution in [3.05, 3.63) is 36.7 Å². The molecule has 0 aromatic carbocycles. The van der Waals surface area contributed by atoms with Gasteiger partial charge in [-0.1, -0.05) is 102 Å². The van der Waals surface area contributed by atoms with Crippen LogP contribution >= 0.6 is 0 Å². The van der Waals surface area contributed by atoms with Crippen molar-refractivity contribution < 1.29 is 13.2 Å². The van der Waals surface area contributed by atoms with Crippen molar-refractivity contribution >= 4 is 0 Å². The lowest BCUT2D eigenvalue weighted by Crippen LogP contribution is -2.53. The van der Waals surface area contributed by atoms with Crippen LogP contribution < -0.4 is 0 Å². The molecule has 2 rings (SSSR count). The molecule has 0 radical (unpaired) electrons. The van der Waals surface area contributed by atoms with Crippen molar-refractivity contribution in [2.75, 3.05) is 0 Å². The van der Waals surface area contributed by atoms with Crippen LogP contribution in [0.25, 0.3) is 0 Å². The molecule has 0 saturated heterocycles. The van der Waals surface area contributed by atoms with Gasteiger partial charge in [-0.15, -0.1) is 6.58 Å². The van der Waals surface area contributed by atoms with E-state index in [2.05, 4.69) is 13.5 Å². The zero-order chi connectivity index (χ0) is 20.5. The maximum Gasteiger partial charge on any atom is 0.311 e. The van der Waals surface area contributed by atoms with E-state index in [4.69, 9.17) is 0 Å². The van der Waals surface area contributed by atoms with Crippen LogP contribution in [-0.4, -0.2) is 5.92 Å². The molecular formula is C25H39F3. The first kappa shape index (κ1) is 23.3. The number of hydrogen-bond donors (Lipinski definition) is 0. The molecule has 2 aliphatic carbocycles. The monoisotopic (exact) mass is 396 g/mol. The summed E-state index contributed by atoms with van der Waals surface area (Å²) in [7, 11) is 0. The maximum atomic E-state index is 15.2. The van der Waals surface area contributed by atoms with E-state index in [1.165, 1.54) is 57.1 Å². The summed E-state index contributed by atoms with van der Waals surface area (Å²) in [5, 5.41) is 0. The molecule has 0 spiro atoms. The highest BCUT2D eigenvalue weighted by molar-refractivity contribution is 5.36. The Morgan fingerprint density at radius 3 is 2.07 bits per heavy atom. The fourth-order valence-electron chi connectivity index (χ4n) is 5.49. The summed E-state index contributed by atoms with van der Waals surface area (Å²) < 4.78 is 44.5. The van der Waals surface area contributed by atoms with E-state index in [-0.39, 0.29) is 0 Å². The number of hydrogen-bond acceptors (Lipinski definition) is 0. The van der Waals surface area contributed by atoms with Gasteiger partial charge < -0.3 is 0 Å². The van der Waals surface area contributed by atoms with Crippen LogP contribution in [-0.2, 0) is 0 Å². The van der Waals surface area contributed by atoms with E-state index in [9.17, 15) is 4.39 Å². The average Bonchev–Trinajstić information content (AvgIpc) is 2.69. The first-order chi connectivity index (χ1) is 13.5. The molecule has 0 amide bonds. The second-order valence-corrected chi connectivity index (χ2v) is 8.94. The predicted molar refractivity (Wildman–Crippen MR) is 113 cm³/mol. The van der Waals surface area contributed by atoms with Crippen LogP contribution in [0.3, 0.4) is 0 Å². The molecule has 0 heterocycles. The summed E-state index contributed by atoms with van der Waals surface area (Å²) >= 11 is 0. The van der Waals surface area contributed by atoms with E-state index in [1.54, 1.807) is 6.08 Å². The number of allylic oxidation sites excluding steroid dienone is 5. The van der Waals surface area contributed by atoms with E-state index < -0.39 is 22.6 Å². The van der Waals surface area contributed by atoms with E-state index in [0.717, 1.165) is 57.4 Å². The Balaban J connectivity index is 1.99. The molecule has 2 aliphatic rings. The molecule has 0 aliphatic heterocycles. The average molecular weight is 397 g/mol. The Bertz CT molecular complexity index is 540. The second-order valence-electron chi connectivity index (χ2n) is 8.94. The quantitative estimate of drug-likeness (QED) is 0.228. The van der Waals surface area contributed by atoms with Crippen molar-refractivity contribution in [2.24, 2.45) is 10.8 Å². The van der Waals surface area contributed by atoms with Crippen LogP contribution in [0.15, 0.2) is 36.7 Å². The van der Waals surface area contributed by atoms with Crippen molar-refractivity contribution in [3.63, 3.8) is 0 Å². The van der Waals surface area contributed by atoms with Crippen LogP contribution in [0.5, 0.6) is 0 Å². The number of halogens is 3. The maximum absolute atomic E-state index is 15.2. The lowest BCUT2D eigenvalue weighted by atomic mass is 9.51. The van der Waals surface area contributed by atoms with Gasteiger partial charge in [0.2, 0.25) is 0 Å². The highest BCUT2D eigenvalue weighted by Gasteiger charge is 2.64. The summed E-state index contributed by atoms with van der Waals surface area (Å²) in [6.45, 7) is 6.00. The lowest BCUT2D eigenvalue weighted by Gasteiger charge is -2.54. The third-order valence-corrected chi connectivity index (χ3v) is 7.19. The first-order valence-electron chi connectivity index (χ1n) is 11.5. The van der Waals surface area contributed by atoms with Gasteiger partial charge in [0.05, 0.1) is 5.41 Å². The first-order valence-corrected chi connectivity index (χ1v) is 11.5. The topological polar surface area (TPSA) is 0 Å². The van der Waals surface area contributed by atoms with E-state index in [1.807, 2.05) is 0 Å². The molecule has 0 aromatic heterocycles. The summed E-state index contributed by atoms with van der Waals surface area (Å²) in [4.78, 5) is 0. The molecule has 1 saturated carbocycles. The third-order valence-electron chi connectivity index (χ3n) is 7.19. The van der Waals surface area contributed by atoms with Crippen LogP contribution in [0, 0.1) is 10.8 Å². The van der Waals surface area contributed by atoms with Gasteiger partial charge in [-0.2, -0.15) is 8.78 Å². The number of unbranched alkanes of at least 4 members (excludes halogenated alkanes) is 8. The molecule has 1 fully saturated rings. The van der Waals surface area contributed by atoms with Gasteiger partial charge >= 0.3 is 5.92 Å². The Morgan fingerprint density at radius 2 is 1.50 bits per heavy atom. The SMILES string of the molecule is C=CC1(C2(CCCCCCCCCCC)CCCCC2)C=CC=C(F)C1(F)F. The van der Waals surface area contributed by atoms with Gasteiger partial charge in [-0.25, -0.2) is 4.39 Å². The summed E-state index contributed by atoms with van der Waals surface area (Å²) in [5.41, 5.74) is -2.18. The summed E-state index contributed by atoms with van der Waals surface area (Å²) in [6, 6.07) is 0. The second kappa shape index (κ2) is 10.7. The highest BCUT2D eigenvalue weighted by atomic mass is 19.3. The normalized spacial score (nSPS) is 26.1. The fraction of sp³-hybridized carbons (Fsp3) is 0.760. The molecule has 160 valence electrons. The van der Waals surface area contributed by atoms with Crippen molar-refractivity contribution in [2.45, 2.75) is 109 Å². The Labute approximate surface area is 170 Å². The van der Waals surface area contributed by atoms with Gasteiger partial charge in [0.25, 0.3) is 0 Å². The lowest BCUT2D eigenvalue weighted by molar-refractivity contribution is -0.134. The minimum atomic E-state index is -3.50. The van der Waals surface area contributed by atoms with Gasteiger partial charge in [0, 0.05) is 0 Å².